The van der Waals surface area contributed by atoms with Crippen molar-refractivity contribution in [2.24, 2.45) is 0 Å². The second-order valence-corrected chi connectivity index (χ2v) is 4.86. The fourth-order valence-corrected chi connectivity index (χ4v) is 1.78. The molecule has 1 aromatic rings. The van der Waals surface area contributed by atoms with Crippen molar-refractivity contribution in [3.05, 3.63) is 29.3 Å². The normalized spacial score (nSPS) is 14.2. The first-order valence-corrected chi connectivity index (χ1v) is 6.43. The van der Waals surface area contributed by atoms with Crippen LogP contribution in [-0.4, -0.2) is 29.6 Å². The molecule has 0 saturated heterocycles. The summed E-state index contributed by atoms with van der Waals surface area (Å²) < 4.78 is 0. The van der Waals surface area contributed by atoms with E-state index in [0.717, 1.165) is 5.56 Å². The van der Waals surface area contributed by atoms with Gasteiger partial charge < -0.3 is 15.7 Å². The van der Waals surface area contributed by atoms with Crippen LogP contribution in [0.15, 0.2) is 18.2 Å². The summed E-state index contributed by atoms with van der Waals surface area (Å²) in [7, 11) is 0. The number of carboxylic acid groups (broad SMARTS) is 1. The van der Waals surface area contributed by atoms with Crippen molar-refractivity contribution in [3.8, 4) is 0 Å². The van der Waals surface area contributed by atoms with Crippen molar-refractivity contribution in [2.75, 3.05) is 11.9 Å². The number of aryl methyl sites for hydroxylation is 1. The Morgan fingerprint density at radius 1 is 1.37 bits per heavy atom. The van der Waals surface area contributed by atoms with Gasteiger partial charge in [0.25, 0.3) is 0 Å². The lowest BCUT2D eigenvalue weighted by Crippen LogP contribution is -2.23. The molecule has 0 aliphatic heterocycles. The Morgan fingerprint density at radius 3 is 2.74 bits per heavy atom. The Morgan fingerprint density at radius 2 is 2.11 bits per heavy atom. The molecule has 1 fully saturated rings. The van der Waals surface area contributed by atoms with Crippen LogP contribution >= 0.6 is 0 Å². The van der Waals surface area contributed by atoms with Crippen molar-refractivity contribution in [1.29, 1.82) is 0 Å². The van der Waals surface area contributed by atoms with Crippen LogP contribution in [0.3, 0.4) is 0 Å². The third-order valence-corrected chi connectivity index (χ3v) is 3.12. The molecule has 0 radical (unpaired) electrons. The van der Waals surface area contributed by atoms with Crippen molar-refractivity contribution in [3.63, 3.8) is 0 Å². The maximum Gasteiger partial charge on any atom is 0.335 e. The van der Waals surface area contributed by atoms with Crippen LogP contribution < -0.4 is 10.6 Å². The number of carboxylic acids is 1. The Labute approximate surface area is 112 Å². The Kier molecular flexibility index (Phi) is 4.16. The molecule has 1 aliphatic carbocycles. The van der Waals surface area contributed by atoms with Gasteiger partial charge in [0.05, 0.1) is 5.56 Å². The lowest BCUT2D eigenvalue weighted by molar-refractivity contribution is -0.116. The Hall–Kier alpha value is -1.88. The van der Waals surface area contributed by atoms with Crippen molar-refractivity contribution < 1.29 is 14.7 Å². The van der Waals surface area contributed by atoms with Crippen LogP contribution in [0.2, 0.25) is 0 Å². The second kappa shape index (κ2) is 5.84. The van der Waals surface area contributed by atoms with E-state index in [9.17, 15) is 9.59 Å². The van der Waals surface area contributed by atoms with Crippen molar-refractivity contribution in [1.82, 2.24) is 5.32 Å². The maximum absolute atomic E-state index is 11.7. The SMILES string of the molecule is Cc1ccc(C(=O)O)cc1NC(=O)CCNC1CC1. The van der Waals surface area contributed by atoms with E-state index >= 15 is 0 Å². The van der Waals surface area contributed by atoms with Crippen LogP contribution in [0.5, 0.6) is 0 Å². The zero-order valence-corrected chi connectivity index (χ0v) is 10.9. The number of anilines is 1. The minimum Gasteiger partial charge on any atom is -0.478 e. The number of nitrogens with one attached hydrogen (secondary N) is 2. The Balaban J connectivity index is 1.90. The minimum atomic E-state index is -0.995. The predicted molar refractivity (Wildman–Crippen MR) is 72.4 cm³/mol. The zero-order chi connectivity index (χ0) is 13.8. The summed E-state index contributed by atoms with van der Waals surface area (Å²) in [4.78, 5) is 22.6. The maximum atomic E-state index is 11.7. The van der Waals surface area contributed by atoms with E-state index in [1.165, 1.54) is 25.0 Å². The monoisotopic (exact) mass is 262 g/mol. The number of amides is 1. The largest absolute Gasteiger partial charge is 0.478 e. The number of hydrogen-bond donors (Lipinski definition) is 3. The van der Waals surface area contributed by atoms with Gasteiger partial charge in [-0.1, -0.05) is 6.07 Å². The average molecular weight is 262 g/mol. The molecule has 19 heavy (non-hydrogen) atoms. The van der Waals surface area contributed by atoms with E-state index in [-0.39, 0.29) is 11.5 Å². The van der Waals surface area contributed by atoms with Gasteiger partial charge in [-0.3, -0.25) is 4.79 Å². The van der Waals surface area contributed by atoms with Gasteiger partial charge in [0.15, 0.2) is 0 Å². The van der Waals surface area contributed by atoms with Crippen LogP contribution in [0.25, 0.3) is 0 Å². The van der Waals surface area contributed by atoms with Gasteiger partial charge in [0.2, 0.25) is 5.91 Å². The highest BCUT2D eigenvalue weighted by molar-refractivity contribution is 5.94. The van der Waals surface area contributed by atoms with Gasteiger partial charge in [-0.05, 0) is 37.5 Å². The highest BCUT2D eigenvalue weighted by Gasteiger charge is 2.20. The molecule has 2 rings (SSSR count). The lowest BCUT2D eigenvalue weighted by atomic mass is 10.1. The van der Waals surface area contributed by atoms with Gasteiger partial charge >= 0.3 is 5.97 Å². The molecular formula is C14H18N2O3. The number of carbonyl (C=O) groups excluding carboxylic acids is 1. The summed E-state index contributed by atoms with van der Waals surface area (Å²) >= 11 is 0. The molecule has 0 aromatic heterocycles. The molecular weight excluding hydrogens is 244 g/mol. The first-order valence-electron chi connectivity index (χ1n) is 6.43. The number of carbonyl (C=O) groups is 2. The Bertz CT molecular complexity index is 495. The molecule has 5 heteroatoms. The minimum absolute atomic E-state index is 0.0983. The van der Waals surface area contributed by atoms with Gasteiger partial charge in [0.1, 0.15) is 0 Å². The van der Waals surface area contributed by atoms with E-state index in [4.69, 9.17) is 5.11 Å². The highest BCUT2D eigenvalue weighted by Crippen LogP contribution is 2.19. The molecule has 0 spiro atoms. The van der Waals surface area contributed by atoms with Crippen LogP contribution in [0, 0.1) is 6.92 Å². The van der Waals surface area contributed by atoms with E-state index < -0.39 is 5.97 Å². The van der Waals surface area contributed by atoms with Gasteiger partial charge in [-0.25, -0.2) is 4.79 Å². The molecule has 0 bridgehead atoms. The van der Waals surface area contributed by atoms with Crippen LogP contribution in [0.4, 0.5) is 5.69 Å². The molecule has 1 saturated carbocycles. The summed E-state index contributed by atoms with van der Waals surface area (Å²) in [6.45, 7) is 2.50. The number of benzene rings is 1. The predicted octanol–water partition coefficient (Wildman–Crippen LogP) is 1.77. The molecule has 3 N–H and O–H groups in total. The number of hydrogen-bond acceptors (Lipinski definition) is 3. The molecule has 1 aromatic carbocycles. The quantitative estimate of drug-likeness (QED) is 0.730. The van der Waals surface area contributed by atoms with Crippen LogP contribution in [-0.2, 0) is 4.79 Å². The number of rotatable bonds is 6. The molecule has 1 aliphatic rings. The lowest BCUT2D eigenvalue weighted by Gasteiger charge is -2.09. The first-order chi connectivity index (χ1) is 9.06. The second-order valence-electron chi connectivity index (χ2n) is 4.86. The average Bonchev–Trinajstić information content (AvgIpc) is 3.15. The fourth-order valence-electron chi connectivity index (χ4n) is 1.78. The summed E-state index contributed by atoms with van der Waals surface area (Å²) in [5.41, 5.74) is 1.60. The van der Waals surface area contributed by atoms with Gasteiger partial charge in [-0.2, -0.15) is 0 Å². The highest BCUT2D eigenvalue weighted by atomic mass is 16.4. The van der Waals surface area contributed by atoms with Gasteiger partial charge in [-0.15, -0.1) is 0 Å². The van der Waals surface area contributed by atoms with E-state index in [0.29, 0.717) is 24.7 Å². The van der Waals surface area contributed by atoms with Gasteiger partial charge in [0, 0.05) is 24.7 Å². The summed E-state index contributed by atoms with van der Waals surface area (Å²) in [6, 6.07) is 5.30. The third kappa shape index (κ3) is 4.06. The number of aromatic carboxylic acids is 1. The third-order valence-electron chi connectivity index (χ3n) is 3.12. The molecule has 0 atom stereocenters. The molecule has 1 amide bonds. The van der Waals surface area contributed by atoms with E-state index in [1.807, 2.05) is 6.92 Å². The summed E-state index contributed by atoms with van der Waals surface area (Å²) in [5.74, 6) is -1.09. The molecule has 102 valence electrons. The standard InChI is InChI=1S/C14H18N2O3/c1-9-2-3-10(14(18)19)8-12(9)16-13(17)6-7-15-11-4-5-11/h2-3,8,11,15H,4-7H2,1H3,(H,16,17)(H,18,19). The van der Waals surface area contributed by atoms with Crippen molar-refractivity contribution in [2.45, 2.75) is 32.2 Å². The smallest absolute Gasteiger partial charge is 0.335 e. The van der Waals surface area contributed by atoms with E-state index in [1.54, 1.807) is 6.07 Å². The van der Waals surface area contributed by atoms with E-state index in [2.05, 4.69) is 10.6 Å². The molecule has 0 unspecified atom stereocenters. The molecule has 5 nitrogen and oxygen atoms in total. The summed E-state index contributed by atoms with van der Waals surface area (Å²) in [5, 5.41) is 14.9. The fraction of sp³-hybridized carbons (Fsp3) is 0.429. The molecule has 0 heterocycles. The first kappa shape index (κ1) is 13.5. The zero-order valence-electron chi connectivity index (χ0n) is 10.9. The van der Waals surface area contributed by atoms with Crippen molar-refractivity contribution >= 4 is 17.6 Å². The summed E-state index contributed by atoms with van der Waals surface area (Å²) in [6.07, 6.45) is 2.79. The van der Waals surface area contributed by atoms with Crippen LogP contribution in [0.1, 0.15) is 35.2 Å². The topological polar surface area (TPSA) is 78.4 Å².